The molecular weight excluding hydrogens is 537 g/mol. The molecule has 2 aromatic carbocycles. The van der Waals surface area contributed by atoms with E-state index in [1.54, 1.807) is 22.7 Å². The van der Waals surface area contributed by atoms with Crippen LogP contribution in [0.4, 0.5) is 33.0 Å². The van der Waals surface area contributed by atoms with Crippen LogP contribution >= 0.6 is 22.7 Å². The lowest BCUT2D eigenvalue weighted by Crippen LogP contribution is -2.47. The van der Waals surface area contributed by atoms with Gasteiger partial charge >= 0.3 is 10.3 Å². The Hall–Kier alpha value is -3.50. The summed E-state index contributed by atoms with van der Waals surface area (Å²) in [5, 5.41) is 24.2. The van der Waals surface area contributed by atoms with Gasteiger partial charge in [-0.1, -0.05) is 0 Å². The summed E-state index contributed by atoms with van der Waals surface area (Å²) in [6.07, 6.45) is 4.10. The maximum atomic E-state index is 4.59. The van der Waals surface area contributed by atoms with Gasteiger partial charge in [-0.2, -0.15) is 0 Å². The van der Waals surface area contributed by atoms with Crippen LogP contribution < -0.4 is 18.9 Å². The van der Waals surface area contributed by atoms with Gasteiger partial charge in [0.2, 0.25) is 0 Å². The van der Waals surface area contributed by atoms with Crippen LogP contribution in [0.25, 0.3) is 0 Å². The summed E-state index contributed by atoms with van der Waals surface area (Å²) in [5.74, 6) is 0. The average Bonchev–Trinajstić information content (AvgIpc) is 3.62. The lowest BCUT2D eigenvalue weighted by atomic mass is 10.1. The molecule has 2 aromatic heterocycles. The molecule has 0 bridgehead atoms. The number of piperazine rings is 1. The van der Waals surface area contributed by atoms with Crippen LogP contribution in [0.5, 0.6) is 0 Å². The van der Waals surface area contributed by atoms with Crippen molar-refractivity contribution in [1.82, 2.24) is 0 Å². The molecule has 3 heterocycles. The van der Waals surface area contributed by atoms with Gasteiger partial charge in [-0.05, 0) is 121 Å². The molecule has 1 fully saturated rings. The predicted molar refractivity (Wildman–Crippen MR) is 165 cm³/mol. The second-order valence-electron chi connectivity index (χ2n) is 10.2. The molecule has 1 aliphatic rings. The summed E-state index contributed by atoms with van der Waals surface area (Å²) in [7, 11) is 0. The Bertz CT molecular complexity index is 1430. The summed E-state index contributed by atoms with van der Waals surface area (Å²) in [6.45, 7) is 18.5. The van der Waals surface area contributed by atoms with E-state index in [1.165, 1.54) is 22.5 Å². The van der Waals surface area contributed by atoms with E-state index in [9.17, 15) is 0 Å². The fraction of sp³-hybridized carbons (Fsp3) is 0.400. The monoisotopic (exact) mass is 574 g/mol. The Morgan fingerprint density at radius 2 is 1.00 bits per heavy atom. The summed E-state index contributed by atoms with van der Waals surface area (Å²) >= 11 is 3.22. The SMILES string of the molecule is CC[n+]1ccsc1N=Nc1cc(C)c(N2CCN(c3cc(C)c(N=Nc4scc[n+]4CC)cc3C)CC2)cc1C. The van der Waals surface area contributed by atoms with Crippen LogP contribution in [0.3, 0.4) is 0 Å². The quantitative estimate of drug-likeness (QED) is 0.159. The van der Waals surface area contributed by atoms with Crippen molar-refractivity contribution in [2.75, 3.05) is 36.0 Å². The van der Waals surface area contributed by atoms with Crippen molar-refractivity contribution in [3.8, 4) is 0 Å². The molecule has 0 atom stereocenters. The van der Waals surface area contributed by atoms with Gasteiger partial charge in [-0.15, -0.1) is 0 Å². The number of azo groups is 2. The average molecular weight is 575 g/mol. The maximum Gasteiger partial charge on any atom is 0.408 e. The van der Waals surface area contributed by atoms with E-state index >= 15 is 0 Å². The maximum absolute atomic E-state index is 4.59. The van der Waals surface area contributed by atoms with E-state index in [2.05, 4.69) is 128 Å². The third-order valence-corrected chi connectivity index (χ3v) is 9.05. The summed E-state index contributed by atoms with van der Waals surface area (Å²) in [6, 6.07) is 8.88. The minimum absolute atomic E-state index is 0.893. The van der Waals surface area contributed by atoms with Gasteiger partial charge in [0.1, 0.15) is 23.8 Å². The Kier molecular flexibility index (Phi) is 8.66. The molecule has 5 rings (SSSR count). The van der Waals surface area contributed by atoms with Crippen molar-refractivity contribution >= 4 is 55.7 Å². The number of rotatable bonds is 8. The predicted octanol–water partition coefficient (Wildman–Crippen LogP) is 7.82. The molecule has 0 aliphatic carbocycles. The summed E-state index contributed by atoms with van der Waals surface area (Å²) in [4.78, 5) is 5.00. The van der Waals surface area contributed by atoms with Crippen LogP contribution in [0.2, 0.25) is 0 Å². The molecule has 40 heavy (non-hydrogen) atoms. The third-order valence-electron chi connectivity index (χ3n) is 7.48. The highest BCUT2D eigenvalue weighted by molar-refractivity contribution is 7.13. The lowest BCUT2D eigenvalue weighted by Gasteiger charge is -2.39. The Balaban J connectivity index is 1.26. The van der Waals surface area contributed by atoms with E-state index in [0.29, 0.717) is 0 Å². The first kappa shape index (κ1) is 28.0. The van der Waals surface area contributed by atoms with Gasteiger partial charge < -0.3 is 9.80 Å². The topological polar surface area (TPSA) is 63.7 Å². The van der Waals surface area contributed by atoms with Gasteiger partial charge in [0.05, 0.1) is 23.3 Å². The van der Waals surface area contributed by atoms with Gasteiger partial charge in [0, 0.05) is 48.3 Å². The van der Waals surface area contributed by atoms with Gasteiger partial charge in [-0.25, -0.2) is 9.13 Å². The number of thiazole rings is 2. The van der Waals surface area contributed by atoms with Crippen LogP contribution in [0.15, 0.2) is 67.9 Å². The van der Waals surface area contributed by atoms with E-state index < -0.39 is 0 Å². The molecular formula is C30H38N8S2+2. The number of aromatic nitrogens is 2. The molecule has 10 heteroatoms. The highest BCUT2D eigenvalue weighted by atomic mass is 32.1. The second-order valence-corrected chi connectivity index (χ2v) is 11.9. The molecule has 1 saturated heterocycles. The zero-order valence-electron chi connectivity index (χ0n) is 24.3. The molecule has 0 saturated carbocycles. The molecule has 0 unspecified atom stereocenters. The number of hydrogen-bond acceptors (Lipinski definition) is 8. The Morgan fingerprint density at radius 1 is 0.600 bits per heavy atom. The molecule has 0 N–H and O–H groups in total. The van der Waals surface area contributed by atoms with Crippen molar-refractivity contribution in [3.05, 3.63) is 69.7 Å². The molecule has 208 valence electrons. The Morgan fingerprint density at radius 3 is 1.38 bits per heavy atom. The van der Waals surface area contributed by atoms with Crippen molar-refractivity contribution in [1.29, 1.82) is 0 Å². The first-order chi connectivity index (χ1) is 19.4. The highest BCUT2D eigenvalue weighted by Gasteiger charge is 2.22. The smallest absolute Gasteiger partial charge is 0.368 e. The molecule has 0 amide bonds. The second kappa shape index (κ2) is 12.3. The molecule has 1 aliphatic heterocycles. The molecule has 4 aromatic rings. The zero-order chi connectivity index (χ0) is 28.2. The van der Waals surface area contributed by atoms with E-state index in [4.69, 9.17) is 0 Å². The van der Waals surface area contributed by atoms with E-state index in [-0.39, 0.29) is 0 Å². The van der Waals surface area contributed by atoms with Gasteiger partial charge in [0.15, 0.2) is 0 Å². The van der Waals surface area contributed by atoms with Crippen LogP contribution in [0.1, 0.15) is 36.1 Å². The fourth-order valence-electron chi connectivity index (χ4n) is 5.09. The minimum Gasteiger partial charge on any atom is -0.368 e. The molecule has 0 radical (unpaired) electrons. The number of anilines is 2. The largest absolute Gasteiger partial charge is 0.408 e. The minimum atomic E-state index is 0.893. The number of benzene rings is 2. The first-order valence-corrected chi connectivity index (χ1v) is 15.6. The fourth-order valence-corrected chi connectivity index (χ4v) is 6.57. The summed E-state index contributed by atoms with van der Waals surface area (Å²) in [5.41, 5.74) is 9.21. The highest BCUT2D eigenvalue weighted by Crippen LogP contribution is 2.34. The van der Waals surface area contributed by atoms with Crippen molar-refractivity contribution < 1.29 is 9.13 Å². The van der Waals surface area contributed by atoms with Gasteiger partial charge in [-0.3, -0.25) is 0 Å². The van der Waals surface area contributed by atoms with Crippen LogP contribution in [-0.2, 0) is 13.1 Å². The zero-order valence-corrected chi connectivity index (χ0v) is 25.9. The number of aryl methyl sites for hydroxylation is 6. The lowest BCUT2D eigenvalue weighted by molar-refractivity contribution is -0.677. The summed E-state index contributed by atoms with van der Waals surface area (Å²) < 4.78 is 4.22. The van der Waals surface area contributed by atoms with Gasteiger partial charge in [0.25, 0.3) is 0 Å². The number of nitrogens with zero attached hydrogens (tertiary/aromatic N) is 8. The standard InChI is InChI=1S/C30H38N8S2/c1-7-35-13-15-39-29(35)33-31-25-17-23(5)27(19-21(25)3)37-9-11-38(12-10-37)28-20-22(4)26(18-24(28)6)32-34-30-36(8-2)14-16-40-30/h13-20H,7-12H2,1-6H3/q+2. The third kappa shape index (κ3) is 5.97. The normalized spacial score (nSPS) is 14.2. The van der Waals surface area contributed by atoms with Crippen molar-refractivity contribution in [2.24, 2.45) is 20.5 Å². The van der Waals surface area contributed by atoms with E-state index in [1.807, 2.05) is 0 Å². The van der Waals surface area contributed by atoms with Crippen molar-refractivity contribution in [3.63, 3.8) is 0 Å². The molecule has 0 spiro atoms. The molecule has 8 nitrogen and oxygen atoms in total. The number of hydrogen-bond donors (Lipinski definition) is 0. The van der Waals surface area contributed by atoms with E-state index in [0.717, 1.165) is 72.0 Å². The Labute approximate surface area is 245 Å². The van der Waals surface area contributed by atoms with Crippen LogP contribution in [0, 0.1) is 27.7 Å². The van der Waals surface area contributed by atoms with Crippen LogP contribution in [-0.4, -0.2) is 26.2 Å². The first-order valence-electron chi connectivity index (χ1n) is 13.9. The van der Waals surface area contributed by atoms with Crippen molar-refractivity contribution in [2.45, 2.75) is 54.6 Å².